The van der Waals surface area contributed by atoms with Crippen molar-refractivity contribution in [2.75, 3.05) is 0 Å². The largest absolute Gasteiger partial charge is 0.198 e. The van der Waals surface area contributed by atoms with E-state index in [-0.39, 0.29) is 0 Å². The SMILES string of the molecule is CCC1CC(CC#N)(C(C)C(C)(C)CC)C2CC3CC31C2. The molecule has 0 radical (unpaired) electrons. The van der Waals surface area contributed by atoms with Gasteiger partial charge >= 0.3 is 0 Å². The average Bonchev–Trinajstić information content (AvgIpc) is 3.04. The molecule has 3 aliphatic rings. The Kier molecular flexibility index (Phi) is 3.47. The normalized spacial score (nSPS) is 45.8. The first-order valence-electron chi connectivity index (χ1n) is 9.23. The summed E-state index contributed by atoms with van der Waals surface area (Å²) in [6.07, 6.45) is 9.07. The van der Waals surface area contributed by atoms with Crippen LogP contribution in [0.4, 0.5) is 0 Å². The highest BCUT2D eigenvalue weighted by Crippen LogP contribution is 2.79. The van der Waals surface area contributed by atoms with Gasteiger partial charge in [0, 0.05) is 6.42 Å². The van der Waals surface area contributed by atoms with Crippen molar-refractivity contribution in [1.82, 2.24) is 0 Å². The molecule has 0 aliphatic heterocycles. The van der Waals surface area contributed by atoms with Crippen LogP contribution in [-0.2, 0) is 0 Å². The highest BCUT2D eigenvalue weighted by Gasteiger charge is 2.71. The molecule has 0 N–H and O–H groups in total. The van der Waals surface area contributed by atoms with Crippen LogP contribution >= 0.6 is 0 Å². The fraction of sp³-hybridized carbons (Fsp3) is 0.950. The molecule has 6 atom stereocenters. The van der Waals surface area contributed by atoms with Crippen LogP contribution in [0, 0.1) is 51.2 Å². The minimum Gasteiger partial charge on any atom is -0.198 e. The summed E-state index contributed by atoms with van der Waals surface area (Å²) in [6, 6.07) is 2.61. The van der Waals surface area contributed by atoms with Gasteiger partial charge in [-0.1, -0.05) is 47.5 Å². The van der Waals surface area contributed by atoms with E-state index in [9.17, 15) is 5.26 Å². The molecule has 2 bridgehead atoms. The number of hydrogen-bond donors (Lipinski definition) is 0. The molecule has 1 spiro atoms. The van der Waals surface area contributed by atoms with Gasteiger partial charge in [0.15, 0.2) is 0 Å². The van der Waals surface area contributed by atoms with Crippen molar-refractivity contribution < 1.29 is 0 Å². The summed E-state index contributed by atoms with van der Waals surface area (Å²) in [6.45, 7) is 12.0. The fourth-order valence-electron chi connectivity index (χ4n) is 6.47. The predicted molar refractivity (Wildman–Crippen MR) is 87.6 cm³/mol. The number of nitrogens with zero attached hydrogens (tertiary/aromatic N) is 1. The lowest BCUT2D eigenvalue weighted by Crippen LogP contribution is -2.48. The van der Waals surface area contributed by atoms with E-state index < -0.39 is 0 Å². The summed E-state index contributed by atoms with van der Waals surface area (Å²) in [7, 11) is 0. The lowest BCUT2D eigenvalue weighted by molar-refractivity contribution is -0.0558. The highest BCUT2D eigenvalue weighted by atomic mass is 14.7. The summed E-state index contributed by atoms with van der Waals surface area (Å²) in [5.41, 5.74) is 1.38. The van der Waals surface area contributed by atoms with Crippen LogP contribution in [0.5, 0.6) is 0 Å². The van der Waals surface area contributed by atoms with Crippen molar-refractivity contribution in [3.63, 3.8) is 0 Å². The van der Waals surface area contributed by atoms with Gasteiger partial charge in [-0.25, -0.2) is 0 Å². The summed E-state index contributed by atoms with van der Waals surface area (Å²) in [5.74, 6) is 3.40. The van der Waals surface area contributed by atoms with Gasteiger partial charge in [0.25, 0.3) is 0 Å². The van der Waals surface area contributed by atoms with Crippen LogP contribution in [-0.4, -0.2) is 0 Å². The van der Waals surface area contributed by atoms with Gasteiger partial charge in [0.1, 0.15) is 0 Å². The van der Waals surface area contributed by atoms with Crippen molar-refractivity contribution in [3.05, 3.63) is 0 Å². The molecule has 0 heterocycles. The second kappa shape index (κ2) is 4.74. The van der Waals surface area contributed by atoms with Crippen molar-refractivity contribution in [3.8, 4) is 6.07 Å². The molecular formula is C20H33N. The highest BCUT2D eigenvalue weighted by molar-refractivity contribution is 5.20. The van der Waals surface area contributed by atoms with E-state index >= 15 is 0 Å². The molecule has 1 heteroatoms. The third kappa shape index (κ3) is 1.94. The Balaban J connectivity index is 1.96. The first-order valence-corrected chi connectivity index (χ1v) is 9.23. The maximum atomic E-state index is 9.58. The van der Waals surface area contributed by atoms with Crippen molar-refractivity contribution in [1.29, 1.82) is 5.26 Å². The predicted octanol–water partition coefficient (Wildman–Crippen LogP) is 5.80. The number of fused-ring (bicyclic) bond motifs is 1. The van der Waals surface area contributed by atoms with Gasteiger partial charge in [-0.3, -0.25) is 0 Å². The second-order valence-electron chi connectivity index (χ2n) is 9.21. The Bertz CT molecular complexity index is 459. The zero-order chi connectivity index (χ0) is 15.5. The molecule has 3 fully saturated rings. The molecule has 0 saturated heterocycles. The third-order valence-corrected chi connectivity index (χ3v) is 8.57. The first-order chi connectivity index (χ1) is 9.86. The summed E-state index contributed by atoms with van der Waals surface area (Å²) < 4.78 is 0. The molecule has 0 amide bonds. The maximum Gasteiger partial charge on any atom is 0.0627 e. The van der Waals surface area contributed by atoms with Crippen LogP contribution in [0.15, 0.2) is 0 Å². The van der Waals surface area contributed by atoms with Gasteiger partial charge in [-0.15, -0.1) is 0 Å². The Hall–Kier alpha value is -0.510. The zero-order valence-corrected chi connectivity index (χ0v) is 14.7. The Morgan fingerprint density at radius 3 is 2.43 bits per heavy atom. The Labute approximate surface area is 131 Å². The summed E-state index contributed by atoms with van der Waals surface area (Å²) >= 11 is 0. The van der Waals surface area contributed by atoms with E-state index in [0.29, 0.717) is 16.7 Å². The third-order valence-electron chi connectivity index (χ3n) is 8.57. The Morgan fingerprint density at radius 2 is 1.86 bits per heavy atom. The molecule has 118 valence electrons. The first kappa shape index (κ1) is 15.4. The van der Waals surface area contributed by atoms with Crippen LogP contribution in [0.1, 0.15) is 79.6 Å². The van der Waals surface area contributed by atoms with Crippen LogP contribution < -0.4 is 0 Å². The lowest BCUT2D eigenvalue weighted by atomic mass is 9.49. The Morgan fingerprint density at radius 1 is 1.19 bits per heavy atom. The maximum absolute atomic E-state index is 9.58. The fourth-order valence-corrected chi connectivity index (χ4v) is 6.47. The molecule has 3 saturated carbocycles. The van der Waals surface area contributed by atoms with E-state index in [1.165, 1.54) is 38.5 Å². The molecule has 3 aliphatic carbocycles. The molecule has 6 unspecified atom stereocenters. The molecule has 3 rings (SSSR count). The quantitative estimate of drug-likeness (QED) is 0.626. The number of nitriles is 1. The topological polar surface area (TPSA) is 23.8 Å². The van der Waals surface area contributed by atoms with E-state index in [1.54, 1.807) is 0 Å². The minimum absolute atomic E-state index is 0.299. The minimum atomic E-state index is 0.299. The van der Waals surface area contributed by atoms with E-state index in [4.69, 9.17) is 0 Å². The molecular weight excluding hydrogens is 254 g/mol. The standard InChI is InChI=1S/C20H33N/c1-6-15-11-19(8-9-21,14(3)18(4,5)7-2)16-10-17-13-20(15,17)12-16/h14-17H,6-8,10-13H2,1-5H3. The number of hydrogen-bond acceptors (Lipinski definition) is 1. The monoisotopic (exact) mass is 287 g/mol. The molecule has 1 nitrogen and oxygen atoms in total. The molecule has 0 aromatic carbocycles. The van der Waals surface area contributed by atoms with Gasteiger partial charge in [-0.2, -0.15) is 5.26 Å². The van der Waals surface area contributed by atoms with Crippen LogP contribution in [0.3, 0.4) is 0 Å². The lowest BCUT2D eigenvalue weighted by Gasteiger charge is -2.54. The molecule has 0 aromatic rings. The van der Waals surface area contributed by atoms with Crippen molar-refractivity contribution in [2.24, 2.45) is 39.9 Å². The zero-order valence-electron chi connectivity index (χ0n) is 14.7. The van der Waals surface area contributed by atoms with E-state index in [0.717, 1.165) is 29.6 Å². The number of rotatable bonds is 5. The van der Waals surface area contributed by atoms with Crippen molar-refractivity contribution in [2.45, 2.75) is 79.6 Å². The van der Waals surface area contributed by atoms with Gasteiger partial charge < -0.3 is 0 Å². The molecule has 0 aromatic heterocycles. The summed E-state index contributed by atoms with van der Waals surface area (Å²) in [4.78, 5) is 0. The van der Waals surface area contributed by atoms with Gasteiger partial charge in [-0.05, 0) is 65.6 Å². The van der Waals surface area contributed by atoms with Crippen molar-refractivity contribution >= 4 is 0 Å². The van der Waals surface area contributed by atoms with Crippen LogP contribution in [0.25, 0.3) is 0 Å². The van der Waals surface area contributed by atoms with Gasteiger partial charge in [0.05, 0.1) is 6.07 Å². The second-order valence-corrected chi connectivity index (χ2v) is 9.21. The van der Waals surface area contributed by atoms with Gasteiger partial charge in [0.2, 0.25) is 0 Å². The average molecular weight is 287 g/mol. The van der Waals surface area contributed by atoms with E-state index in [2.05, 4.69) is 40.7 Å². The summed E-state index contributed by atoms with van der Waals surface area (Å²) in [5, 5.41) is 9.58. The smallest absolute Gasteiger partial charge is 0.0627 e. The van der Waals surface area contributed by atoms with Crippen LogP contribution in [0.2, 0.25) is 0 Å². The molecule has 21 heavy (non-hydrogen) atoms. The van der Waals surface area contributed by atoms with E-state index in [1.807, 2.05) is 0 Å².